The molecule has 0 radical (unpaired) electrons. The van der Waals surface area contributed by atoms with Crippen molar-refractivity contribution in [3.05, 3.63) is 35.5 Å². The molecule has 0 aromatic heterocycles. The molecule has 84 valence electrons. The van der Waals surface area contributed by atoms with E-state index in [1.807, 2.05) is 0 Å². The number of hydrogen-bond acceptors (Lipinski definition) is 0. The fourth-order valence-electron chi connectivity index (χ4n) is 1.41. The van der Waals surface area contributed by atoms with E-state index in [2.05, 4.69) is 47.3 Å². The van der Waals surface area contributed by atoms with E-state index in [9.17, 15) is 0 Å². The summed E-state index contributed by atoms with van der Waals surface area (Å²) in [5.74, 6) is 0.556. The van der Waals surface area contributed by atoms with E-state index in [-0.39, 0.29) is 31.6 Å². The first kappa shape index (κ1) is 17.8. The van der Waals surface area contributed by atoms with Crippen LogP contribution in [0.15, 0.2) is 29.4 Å². The standard InChI is InChI=1S/C10H15.C3H5Cl.Zr/c1-7-6-10(4,5)9(3)8(7)2;1-2-3-4;/h1-5H3;2H,1,3H2;/q-1;;. The number of halogens is 1. The Labute approximate surface area is 119 Å². The van der Waals surface area contributed by atoms with Gasteiger partial charge in [-0.3, -0.25) is 6.08 Å². The molecule has 0 amide bonds. The largest absolute Gasteiger partial charge is 0.263 e. The Morgan fingerprint density at radius 2 is 1.73 bits per heavy atom. The van der Waals surface area contributed by atoms with Crippen LogP contribution in [-0.2, 0) is 26.2 Å². The summed E-state index contributed by atoms with van der Waals surface area (Å²) < 4.78 is 0. The van der Waals surface area contributed by atoms with Crippen molar-refractivity contribution in [2.24, 2.45) is 5.41 Å². The molecule has 0 aromatic rings. The third-order valence-electron chi connectivity index (χ3n) is 2.67. The quantitative estimate of drug-likeness (QED) is 0.379. The van der Waals surface area contributed by atoms with Crippen LogP contribution in [0, 0.1) is 11.5 Å². The second-order valence-electron chi connectivity index (χ2n) is 4.07. The van der Waals surface area contributed by atoms with Crippen LogP contribution >= 0.6 is 11.6 Å². The van der Waals surface area contributed by atoms with Gasteiger partial charge in [-0.1, -0.05) is 39.2 Å². The van der Waals surface area contributed by atoms with Crippen LogP contribution in [-0.4, -0.2) is 5.88 Å². The van der Waals surface area contributed by atoms with Crippen LogP contribution in [0.5, 0.6) is 0 Å². The van der Waals surface area contributed by atoms with E-state index < -0.39 is 0 Å². The Hall–Kier alpha value is 0.393. The van der Waals surface area contributed by atoms with Crippen LogP contribution in [0.3, 0.4) is 0 Å². The van der Waals surface area contributed by atoms with Crippen LogP contribution in [0.4, 0.5) is 0 Å². The van der Waals surface area contributed by atoms with Gasteiger partial charge in [0.1, 0.15) is 0 Å². The second kappa shape index (κ2) is 7.63. The maximum atomic E-state index is 5.07. The number of hydrogen-bond donors (Lipinski definition) is 0. The molecule has 0 atom stereocenters. The van der Waals surface area contributed by atoms with Gasteiger partial charge in [0.25, 0.3) is 0 Å². The summed E-state index contributed by atoms with van der Waals surface area (Å²) in [4.78, 5) is 0. The predicted molar refractivity (Wildman–Crippen MR) is 65.5 cm³/mol. The van der Waals surface area contributed by atoms with Crippen molar-refractivity contribution < 1.29 is 26.2 Å². The smallest absolute Gasteiger partial charge is 0.0401 e. The predicted octanol–water partition coefficient (Wildman–Crippen LogP) is 4.52. The van der Waals surface area contributed by atoms with Crippen LogP contribution in [0.1, 0.15) is 34.6 Å². The van der Waals surface area contributed by atoms with Crippen molar-refractivity contribution in [2.45, 2.75) is 34.6 Å². The molecule has 0 aliphatic heterocycles. The van der Waals surface area contributed by atoms with E-state index >= 15 is 0 Å². The van der Waals surface area contributed by atoms with Crippen molar-refractivity contribution in [3.63, 3.8) is 0 Å². The Kier molecular flexibility index (Phi) is 9.04. The monoisotopic (exact) mass is 301 g/mol. The first-order valence-electron chi connectivity index (χ1n) is 4.83. The normalized spacial score (nSPS) is 17.3. The number of alkyl halides is 1. The van der Waals surface area contributed by atoms with Crippen molar-refractivity contribution in [2.75, 3.05) is 5.88 Å². The third kappa shape index (κ3) is 5.32. The molecule has 0 heterocycles. The van der Waals surface area contributed by atoms with Crippen molar-refractivity contribution in [3.8, 4) is 0 Å². The van der Waals surface area contributed by atoms with Gasteiger partial charge in [-0.05, 0) is 0 Å². The Morgan fingerprint density at radius 3 is 1.80 bits per heavy atom. The maximum Gasteiger partial charge on any atom is 0.0401 e. The number of rotatable bonds is 1. The summed E-state index contributed by atoms with van der Waals surface area (Å²) in [6, 6.07) is 0. The fourth-order valence-corrected chi connectivity index (χ4v) is 1.41. The summed E-state index contributed by atoms with van der Waals surface area (Å²) in [7, 11) is 0. The molecule has 0 bridgehead atoms. The summed E-state index contributed by atoms with van der Waals surface area (Å²) in [6.45, 7) is 14.3. The molecule has 2 heteroatoms. The van der Waals surface area contributed by atoms with Crippen molar-refractivity contribution >= 4 is 11.6 Å². The molecule has 1 rings (SSSR count). The molecule has 0 spiro atoms. The van der Waals surface area contributed by atoms with Gasteiger partial charge in [0, 0.05) is 32.1 Å². The Morgan fingerprint density at radius 1 is 1.33 bits per heavy atom. The van der Waals surface area contributed by atoms with E-state index in [1.54, 1.807) is 6.08 Å². The molecule has 1 aliphatic rings. The Balaban J connectivity index is 0. The topological polar surface area (TPSA) is 0 Å². The van der Waals surface area contributed by atoms with Gasteiger partial charge in [-0.2, -0.15) is 11.1 Å². The molecule has 0 unspecified atom stereocenters. The molecular formula is C13H20ClZr-. The minimum Gasteiger partial charge on any atom is -0.263 e. The van der Waals surface area contributed by atoms with E-state index in [0.717, 1.165) is 0 Å². The maximum absolute atomic E-state index is 5.07. The SMILES string of the molecule is C=CCCl.CC1=[C-]C(C)(C)C(C)=C1C.[Zr]. The van der Waals surface area contributed by atoms with E-state index in [1.165, 1.54) is 16.7 Å². The first-order valence-corrected chi connectivity index (χ1v) is 5.37. The van der Waals surface area contributed by atoms with Gasteiger partial charge >= 0.3 is 0 Å². The van der Waals surface area contributed by atoms with Gasteiger partial charge in [-0.25, -0.2) is 5.57 Å². The first-order chi connectivity index (χ1) is 6.36. The van der Waals surface area contributed by atoms with Crippen LogP contribution in [0.2, 0.25) is 0 Å². The molecule has 0 N–H and O–H groups in total. The average molecular weight is 303 g/mol. The van der Waals surface area contributed by atoms with Crippen LogP contribution < -0.4 is 0 Å². The van der Waals surface area contributed by atoms with Crippen molar-refractivity contribution in [1.29, 1.82) is 0 Å². The summed E-state index contributed by atoms with van der Waals surface area (Å²) >= 11 is 5.07. The van der Waals surface area contributed by atoms with Gasteiger partial charge in [0.15, 0.2) is 0 Å². The third-order valence-corrected chi connectivity index (χ3v) is 2.89. The molecule has 0 aromatic carbocycles. The molecule has 0 fully saturated rings. The summed E-state index contributed by atoms with van der Waals surface area (Å²) in [5.41, 5.74) is 4.39. The van der Waals surface area contributed by atoms with Gasteiger partial charge in [0.05, 0.1) is 0 Å². The second-order valence-corrected chi connectivity index (χ2v) is 4.38. The zero-order valence-corrected chi connectivity index (χ0v) is 13.6. The number of allylic oxidation sites excluding steroid dienone is 5. The minimum atomic E-state index is 0. The molecule has 15 heavy (non-hydrogen) atoms. The summed E-state index contributed by atoms with van der Waals surface area (Å²) in [5, 5.41) is 0. The molecule has 0 saturated heterocycles. The zero-order valence-electron chi connectivity index (χ0n) is 10.4. The summed E-state index contributed by atoms with van der Waals surface area (Å²) in [6.07, 6.45) is 5.08. The van der Waals surface area contributed by atoms with E-state index in [4.69, 9.17) is 11.6 Å². The van der Waals surface area contributed by atoms with Crippen molar-refractivity contribution in [1.82, 2.24) is 0 Å². The minimum absolute atomic E-state index is 0. The zero-order chi connectivity index (χ0) is 11.4. The van der Waals surface area contributed by atoms with Gasteiger partial charge < -0.3 is 0 Å². The molecule has 1 aliphatic carbocycles. The molecular weight excluding hydrogens is 283 g/mol. The van der Waals surface area contributed by atoms with Gasteiger partial charge in [0.2, 0.25) is 0 Å². The molecule has 0 saturated carbocycles. The average Bonchev–Trinajstić information content (AvgIpc) is 2.30. The molecule has 0 nitrogen and oxygen atoms in total. The van der Waals surface area contributed by atoms with E-state index in [0.29, 0.717) is 5.88 Å². The van der Waals surface area contributed by atoms with Crippen LogP contribution in [0.25, 0.3) is 0 Å². The van der Waals surface area contributed by atoms with Gasteiger partial charge in [-0.15, -0.1) is 25.1 Å². The Bertz CT molecular complexity index is 272. The fraction of sp³-hybridized carbons (Fsp3) is 0.538.